The summed E-state index contributed by atoms with van der Waals surface area (Å²) >= 11 is 5.87. The lowest BCUT2D eigenvalue weighted by atomic mass is 9.95. The van der Waals surface area contributed by atoms with E-state index in [1.807, 2.05) is 0 Å². The molecule has 2 atom stereocenters. The Hall–Kier alpha value is -0.380. The zero-order valence-corrected chi connectivity index (χ0v) is 7.86. The van der Waals surface area contributed by atoms with Gasteiger partial charge in [0.05, 0.1) is 5.38 Å². The van der Waals surface area contributed by atoms with Crippen LogP contribution in [0.1, 0.15) is 25.7 Å². The molecule has 0 aromatic rings. The monoisotopic (exact) mass is 211 g/mol. The molecule has 1 aliphatic carbocycles. The molecule has 0 aromatic heterocycles. The van der Waals surface area contributed by atoms with E-state index in [4.69, 9.17) is 11.6 Å². The van der Waals surface area contributed by atoms with Gasteiger partial charge in [-0.25, -0.2) is 0 Å². The third kappa shape index (κ3) is 3.10. The highest BCUT2D eigenvalue weighted by molar-refractivity contribution is 6.21. The first-order valence-corrected chi connectivity index (χ1v) is 4.77. The van der Waals surface area contributed by atoms with Gasteiger partial charge >= 0.3 is 6.43 Å². The molecule has 0 aromatic carbocycles. The molecule has 1 N–H and O–H groups in total. The zero-order valence-electron chi connectivity index (χ0n) is 7.10. The van der Waals surface area contributed by atoms with E-state index in [0.717, 1.165) is 19.3 Å². The quantitative estimate of drug-likeness (QED) is 0.695. The normalized spacial score (nSPS) is 28.9. The van der Waals surface area contributed by atoms with Crippen LogP contribution >= 0.6 is 11.6 Å². The van der Waals surface area contributed by atoms with Crippen LogP contribution in [0.3, 0.4) is 0 Å². The second-order valence-electron chi connectivity index (χ2n) is 3.22. The molecule has 0 radical (unpaired) electrons. The molecular formula is C8H12ClF2NO. The highest BCUT2D eigenvalue weighted by atomic mass is 35.5. The molecule has 1 saturated carbocycles. The molecule has 0 aliphatic heterocycles. The maximum absolute atomic E-state index is 11.9. The van der Waals surface area contributed by atoms with Crippen molar-refractivity contribution in [2.24, 2.45) is 0 Å². The fourth-order valence-corrected chi connectivity index (χ4v) is 1.84. The number of nitrogens with one attached hydrogen (secondary N) is 1. The second-order valence-corrected chi connectivity index (χ2v) is 3.78. The number of hydrogen-bond donors (Lipinski definition) is 1. The molecule has 2 nitrogen and oxygen atoms in total. The SMILES string of the molecule is O=C(NC1CCCCC1Cl)C(F)F. The number of carbonyl (C=O) groups excluding carboxylic acids is 1. The third-order valence-corrected chi connectivity index (χ3v) is 2.73. The fraction of sp³-hybridized carbons (Fsp3) is 0.875. The molecule has 0 heterocycles. The number of halogens is 3. The van der Waals surface area contributed by atoms with E-state index in [2.05, 4.69) is 5.32 Å². The molecule has 0 bridgehead atoms. The first-order chi connectivity index (χ1) is 6.11. The van der Waals surface area contributed by atoms with Crippen LogP contribution in [-0.4, -0.2) is 23.8 Å². The van der Waals surface area contributed by atoms with Crippen LogP contribution in [0.15, 0.2) is 0 Å². The van der Waals surface area contributed by atoms with Gasteiger partial charge in [0.15, 0.2) is 0 Å². The van der Waals surface area contributed by atoms with Gasteiger partial charge < -0.3 is 5.32 Å². The van der Waals surface area contributed by atoms with Crippen LogP contribution in [0.4, 0.5) is 8.78 Å². The number of alkyl halides is 3. The smallest absolute Gasteiger partial charge is 0.315 e. The van der Waals surface area contributed by atoms with Crippen molar-refractivity contribution in [1.29, 1.82) is 0 Å². The predicted molar refractivity (Wildman–Crippen MR) is 46.0 cm³/mol. The Morgan fingerprint density at radius 3 is 2.54 bits per heavy atom. The highest BCUT2D eigenvalue weighted by Gasteiger charge is 2.27. The molecule has 2 unspecified atom stereocenters. The molecule has 1 aliphatic rings. The van der Waals surface area contributed by atoms with Gasteiger partial charge in [0.2, 0.25) is 0 Å². The Balaban J connectivity index is 2.38. The second kappa shape index (κ2) is 4.74. The summed E-state index contributed by atoms with van der Waals surface area (Å²) in [6.45, 7) is 0. The lowest BCUT2D eigenvalue weighted by molar-refractivity contribution is -0.132. The van der Waals surface area contributed by atoms with Gasteiger partial charge in [-0.3, -0.25) is 4.79 Å². The van der Waals surface area contributed by atoms with Crippen LogP contribution in [0, 0.1) is 0 Å². The van der Waals surface area contributed by atoms with Crippen LogP contribution in [-0.2, 0) is 4.79 Å². The largest absolute Gasteiger partial charge is 0.347 e. The maximum atomic E-state index is 11.9. The van der Waals surface area contributed by atoms with Crippen molar-refractivity contribution in [3.8, 4) is 0 Å². The summed E-state index contributed by atoms with van der Waals surface area (Å²) in [4.78, 5) is 10.6. The van der Waals surface area contributed by atoms with Crippen LogP contribution in [0.5, 0.6) is 0 Å². The molecule has 1 fully saturated rings. The van der Waals surface area contributed by atoms with Gasteiger partial charge in [0, 0.05) is 6.04 Å². The van der Waals surface area contributed by atoms with Gasteiger partial charge in [-0.2, -0.15) is 8.78 Å². The van der Waals surface area contributed by atoms with Crippen molar-refractivity contribution >= 4 is 17.5 Å². The summed E-state index contributed by atoms with van der Waals surface area (Å²) in [5, 5.41) is 2.05. The van der Waals surface area contributed by atoms with Gasteiger partial charge in [0.1, 0.15) is 0 Å². The fourth-order valence-electron chi connectivity index (χ4n) is 1.49. The van der Waals surface area contributed by atoms with Gasteiger partial charge in [-0.15, -0.1) is 11.6 Å². The zero-order chi connectivity index (χ0) is 9.84. The van der Waals surface area contributed by atoms with E-state index in [1.165, 1.54) is 0 Å². The van der Waals surface area contributed by atoms with Crippen molar-refractivity contribution < 1.29 is 13.6 Å². The standard InChI is InChI=1S/C8H12ClF2NO/c9-5-3-1-2-4-6(5)12-8(13)7(10)11/h5-7H,1-4H2,(H,12,13). The van der Waals surface area contributed by atoms with E-state index in [0.29, 0.717) is 6.42 Å². The van der Waals surface area contributed by atoms with Crippen molar-refractivity contribution in [3.63, 3.8) is 0 Å². The van der Waals surface area contributed by atoms with E-state index >= 15 is 0 Å². The molecule has 1 rings (SSSR count). The summed E-state index contributed by atoms with van der Waals surface area (Å²) in [5.41, 5.74) is 0. The minimum Gasteiger partial charge on any atom is -0.347 e. The Bertz CT molecular complexity index is 189. The first kappa shape index (κ1) is 10.7. The molecule has 5 heteroatoms. The van der Waals surface area contributed by atoms with Crippen molar-refractivity contribution in [3.05, 3.63) is 0 Å². The minimum atomic E-state index is -2.94. The van der Waals surface area contributed by atoms with E-state index in [-0.39, 0.29) is 11.4 Å². The van der Waals surface area contributed by atoms with Gasteiger partial charge in [0.25, 0.3) is 5.91 Å². The lowest BCUT2D eigenvalue weighted by Gasteiger charge is -2.27. The Morgan fingerprint density at radius 1 is 1.38 bits per heavy atom. The van der Waals surface area contributed by atoms with Gasteiger partial charge in [-0.05, 0) is 12.8 Å². The summed E-state index contributed by atoms with van der Waals surface area (Å²) in [5.74, 6) is -1.21. The summed E-state index contributed by atoms with van der Waals surface area (Å²) in [6, 6.07) is -0.281. The van der Waals surface area contributed by atoms with Crippen molar-refractivity contribution in [2.45, 2.75) is 43.5 Å². The van der Waals surface area contributed by atoms with Crippen LogP contribution in [0.2, 0.25) is 0 Å². The predicted octanol–water partition coefficient (Wildman–Crippen LogP) is 1.92. The average molecular weight is 212 g/mol. The summed E-state index contributed by atoms with van der Waals surface area (Å²) in [7, 11) is 0. The third-order valence-electron chi connectivity index (χ3n) is 2.21. The Morgan fingerprint density at radius 2 is 2.00 bits per heavy atom. The molecule has 1 amide bonds. The maximum Gasteiger partial charge on any atom is 0.315 e. The van der Waals surface area contributed by atoms with Gasteiger partial charge in [-0.1, -0.05) is 12.8 Å². The lowest BCUT2D eigenvalue weighted by Crippen LogP contribution is -2.45. The number of carbonyl (C=O) groups is 1. The highest BCUT2D eigenvalue weighted by Crippen LogP contribution is 2.23. The summed E-state index contributed by atoms with van der Waals surface area (Å²) in [6.07, 6.45) is 0.500. The van der Waals surface area contributed by atoms with Crippen LogP contribution in [0.25, 0.3) is 0 Å². The summed E-state index contributed by atoms with van der Waals surface area (Å²) < 4.78 is 23.7. The topological polar surface area (TPSA) is 29.1 Å². The number of rotatable bonds is 2. The van der Waals surface area contributed by atoms with E-state index in [1.54, 1.807) is 0 Å². The average Bonchev–Trinajstić information content (AvgIpc) is 2.08. The Labute approximate surface area is 80.6 Å². The first-order valence-electron chi connectivity index (χ1n) is 4.34. The molecule has 13 heavy (non-hydrogen) atoms. The van der Waals surface area contributed by atoms with E-state index in [9.17, 15) is 13.6 Å². The molecule has 0 spiro atoms. The molecule has 76 valence electrons. The van der Waals surface area contributed by atoms with E-state index < -0.39 is 12.3 Å². The number of amides is 1. The van der Waals surface area contributed by atoms with Crippen LogP contribution < -0.4 is 5.32 Å². The minimum absolute atomic E-state index is 0.198. The molecular weight excluding hydrogens is 200 g/mol. The molecule has 0 saturated heterocycles. The number of hydrogen-bond acceptors (Lipinski definition) is 1. The van der Waals surface area contributed by atoms with Crippen molar-refractivity contribution in [1.82, 2.24) is 5.32 Å². The Kier molecular flexibility index (Phi) is 3.90. The van der Waals surface area contributed by atoms with Crippen molar-refractivity contribution in [2.75, 3.05) is 0 Å².